The molecule has 0 fully saturated rings. The van der Waals surface area contributed by atoms with Gasteiger partial charge in [-0.1, -0.05) is 0 Å². The van der Waals surface area contributed by atoms with Crippen LogP contribution in [0.2, 0.25) is 0 Å². The van der Waals surface area contributed by atoms with Crippen LogP contribution in [0.25, 0.3) is 0 Å². The molecule has 0 bridgehead atoms. The van der Waals surface area contributed by atoms with Gasteiger partial charge in [0.15, 0.2) is 0 Å². The molecule has 1 amide bonds. The first-order valence-corrected chi connectivity index (χ1v) is 6.60. The molecular weight excluding hydrogens is 322 g/mol. The number of hydrogen-bond acceptors (Lipinski definition) is 4. The molecule has 0 unspecified atom stereocenters. The summed E-state index contributed by atoms with van der Waals surface area (Å²) in [5, 5.41) is 3.18. The second kappa shape index (κ2) is 5.83. The smallest absolute Gasteiger partial charge is 0.248 e. The van der Waals surface area contributed by atoms with Gasteiger partial charge in [0, 0.05) is 16.1 Å². The third-order valence-corrected chi connectivity index (χ3v) is 3.47. The zero-order valence-electron chi connectivity index (χ0n) is 10.8. The Balaban J connectivity index is 2.32. The van der Waals surface area contributed by atoms with E-state index < -0.39 is 5.91 Å². The fraction of sp³-hybridized carbons (Fsp3) is 0.0714. The molecule has 0 saturated carbocycles. The van der Waals surface area contributed by atoms with E-state index in [4.69, 9.17) is 16.2 Å². The minimum Gasteiger partial charge on any atom is -0.497 e. The molecule has 0 aliphatic carbocycles. The van der Waals surface area contributed by atoms with Crippen LogP contribution in [0.15, 0.2) is 40.9 Å². The Bertz CT molecular complexity index is 659. The summed E-state index contributed by atoms with van der Waals surface area (Å²) in [6.45, 7) is 0. The van der Waals surface area contributed by atoms with E-state index in [2.05, 4.69) is 21.2 Å². The highest BCUT2D eigenvalue weighted by Gasteiger charge is 2.07. The number of carbonyl (C=O) groups is 1. The maximum Gasteiger partial charge on any atom is 0.248 e. The summed E-state index contributed by atoms with van der Waals surface area (Å²) in [4.78, 5) is 11.1. The van der Waals surface area contributed by atoms with Crippen molar-refractivity contribution in [2.24, 2.45) is 5.73 Å². The summed E-state index contributed by atoms with van der Waals surface area (Å²) < 4.78 is 6.05. The van der Waals surface area contributed by atoms with Crippen LogP contribution in [0.4, 0.5) is 17.1 Å². The lowest BCUT2D eigenvalue weighted by molar-refractivity contribution is 0.100. The van der Waals surface area contributed by atoms with Crippen LogP contribution in [0, 0.1) is 0 Å². The number of nitrogen functional groups attached to an aromatic ring is 1. The van der Waals surface area contributed by atoms with E-state index in [0.29, 0.717) is 16.9 Å². The number of halogens is 1. The normalized spacial score (nSPS) is 10.1. The summed E-state index contributed by atoms with van der Waals surface area (Å²) in [6, 6.07) is 10.4. The molecule has 0 radical (unpaired) electrons. The monoisotopic (exact) mass is 335 g/mol. The lowest BCUT2D eigenvalue weighted by Gasteiger charge is -2.13. The van der Waals surface area contributed by atoms with Gasteiger partial charge in [0.2, 0.25) is 5.91 Å². The number of rotatable bonds is 4. The van der Waals surface area contributed by atoms with Crippen LogP contribution in [0.1, 0.15) is 10.4 Å². The van der Waals surface area contributed by atoms with Gasteiger partial charge in [0.25, 0.3) is 0 Å². The molecule has 5 nitrogen and oxygen atoms in total. The van der Waals surface area contributed by atoms with Gasteiger partial charge in [-0.25, -0.2) is 0 Å². The third kappa shape index (κ3) is 3.03. The minimum atomic E-state index is -0.509. The molecule has 0 aliphatic heterocycles. The Hall–Kier alpha value is -2.21. The van der Waals surface area contributed by atoms with E-state index >= 15 is 0 Å². The summed E-state index contributed by atoms with van der Waals surface area (Å²) in [6.07, 6.45) is 0. The van der Waals surface area contributed by atoms with Crippen molar-refractivity contribution in [3.05, 3.63) is 46.4 Å². The molecule has 104 valence electrons. The Labute approximate surface area is 125 Å². The summed E-state index contributed by atoms with van der Waals surface area (Å²) >= 11 is 3.45. The average molecular weight is 336 g/mol. The zero-order valence-corrected chi connectivity index (χ0v) is 12.4. The van der Waals surface area contributed by atoms with Gasteiger partial charge in [0.05, 0.1) is 24.2 Å². The first kappa shape index (κ1) is 14.2. The molecule has 2 aromatic rings. The highest BCUT2D eigenvalue weighted by molar-refractivity contribution is 9.10. The van der Waals surface area contributed by atoms with Crippen molar-refractivity contribution < 1.29 is 9.53 Å². The molecule has 0 aliphatic rings. The quantitative estimate of drug-likeness (QED) is 0.749. The molecule has 0 atom stereocenters. The molecule has 0 heterocycles. The van der Waals surface area contributed by atoms with Gasteiger partial charge in [-0.05, 0) is 46.3 Å². The number of amides is 1. The molecule has 0 aromatic heterocycles. The van der Waals surface area contributed by atoms with Gasteiger partial charge >= 0.3 is 0 Å². The van der Waals surface area contributed by atoms with E-state index in [9.17, 15) is 4.79 Å². The predicted octanol–water partition coefficient (Wildman–Crippen LogP) is 2.88. The van der Waals surface area contributed by atoms with Gasteiger partial charge in [-0.3, -0.25) is 4.79 Å². The van der Waals surface area contributed by atoms with Crippen molar-refractivity contribution in [2.45, 2.75) is 0 Å². The minimum absolute atomic E-state index is 0.373. The van der Waals surface area contributed by atoms with Crippen LogP contribution in [-0.2, 0) is 0 Å². The van der Waals surface area contributed by atoms with Gasteiger partial charge in [-0.15, -0.1) is 0 Å². The van der Waals surface area contributed by atoms with Crippen LogP contribution in [-0.4, -0.2) is 13.0 Å². The summed E-state index contributed by atoms with van der Waals surface area (Å²) in [5.41, 5.74) is 13.4. The summed E-state index contributed by atoms with van der Waals surface area (Å²) in [7, 11) is 1.60. The first-order chi connectivity index (χ1) is 9.51. The van der Waals surface area contributed by atoms with Gasteiger partial charge in [-0.2, -0.15) is 0 Å². The molecule has 5 N–H and O–H groups in total. The fourth-order valence-electron chi connectivity index (χ4n) is 1.70. The van der Waals surface area contributed by atoms with Gasteiger partial charge < -0.3 is 21.5 Å². The van der Waals surface area contributed by atoms with E-state index in [1.165, 1.54) is 0 Å². The fourth-order valence-corrected chi connectivity index (χ4v) is 2.05. The van der Waals surface area contributed by atoms with Crippen molar-refractivity contribution in [1.29, 1.82) is 0 Å². The summed E-state index contributed by atoms with van der Waals surface area (Å²) in [5.74, 6) is 0.217. The third-order valence-electron chi connectivity index (χ3n) is 2.78. The molecular formula is C14H14BrN3O2. The van der Waals surface area contributed by atoms with E-state index in [1.54, 1.807) is 25.3 Å². The van der Waals surface area contributed by atoms with Crippen LogP contribution in [0.5, 0.6) is 5.75 Å². The Morgan fingerprint density at radius 3 is 2.55 bits per heavy atom. The number of ether oxygens (including phenoxy) is 1. The Morgan fingerprint density at radius 1 is 1.20 bits per heavy atom. The zero-order chi connectivity index (χ0) is 14.7. The van der Waals surface area contributed by atoms with E-state index in [1.807, 2.05) is 18.2 Å². The number of nitrogens with one attached hydrogen (secondary N) is 1. The van der Waals surface area contributed by atoms with Crippen LogP contribution >= 0.6 is 15.9 Å². The van der Waals surface area contributed by atoms with Crippen molar-refractivity contribution >= 4 is 38.9 Å². The Kier molecular flexibility index (Phi) is 4.14. The van der Waals surface area contributed by atoms with Crippen molar-refractivity contribution in [3.8, 4) is 5.75 Å². The highest BCUT2D eigenvalue weighted by Crippen LogP contribution is 2.32. The van der Waals surface area contributed by atoms with Gasteiger partial charge in [0.1, 0.15) is 5.75 Å². The molecule has 6 heteroatoms. The Morgan fingerprint density at radius 2 is 1.95 bits per heavy atom. The number of anilines is 3. The molecule has 2 rings (SSSR count). The predicted molar refractivity (Wildman–Crippen MR) is 83.3 cm³/mol. The number of benzene rings is 2. The second-order valence-corrected chi connectivity index (χ2v) is 4.99. The highest BCUT2D eigenvalue weighted by atomic mass is 79.9. The number of hydrogen-bond donors (Lipinski definition) is 3. The molecule has 0 saturated heterocycles. The topological polar surface area (TPSA) is 90.4 Å². The van der Waals surface area contributed by atoms with Crippen LogP contribution in [0.3, 0.4) is 0 Å². The number of nitrogens with two attached hydrogens (primary N) is 2. The van der Waals surface area contributed by atoms with Crippen molar-refractivity contribution in [1.82, 2.24) is 0 Å². The number of methoxy groups -OCH3 is 1. The standard InChI is InChI=1S/C14H14BrN3O2/c1-20-9-3-4-10(15)13(7-9)18-12-5-2-8(14(17)19)6-11(12)16/h2-7,18H,16H2,1H3,(H2,17,19). The van der Waals surface area contributed by atoms with Crippen molar-refractivity contribution in [2.75, 3.05) is 18.2 Å². The lowest BCUT2D eigenvalue weighted by atomic mass is 10.1. The maximum absolute atomic E-state index is 11.1. The van der Waals surface area contributed by atoms with Crippen molar-refractivity contribution in [3.63, 3.8) is 0 Å². The largest absolute Gasteiger partial charge is 0.497 e. The van der Waals surface area contributed by atoms with E-state index in [0.717, 1.165) is 15.9 Å². The first-order valence-electron chi connectivity index (χ1n) is 5.81. The molecule has 20 heavy (non-hydrogen) atoms. The SMILES string of the molecule is COc1ccc(Br)c(Nc2ccc(C(N)=O)cc2N)c1. The second-order valence-electron chi connectivity index (χ2n) is 4.14. The lowest BCUT2D eigenvalue weighted by Crippen LogP contribution is -2.11. The molecule has 2 aromatic carbocycles. The number of carbonyl (C=O) groups excluding carboxylic acids is 1. The molecule has 0 spiro atoms. The van der Waals surface area contributed by atoms with E-state index in [-0.39, 0.29) is 0 Å². The maximum atomic E-state index is 11.1. The van der Waals surface area contributed by atoms with Crippen LogP contribution < -0.4 is 21.5 Å². The number of primary amides is 1. The average Bonchev–Trinajstić information content (AvgIpc) is 2.43.